The minimum absolute atomic E-state index is 0.0251. The Morgan fingerprint density at radius 2 is 2.19 bits per heavy atom. The maximum absolute atomic E-state index is 11.6. The van der Waals surface area contributed by atoms with Gasteiger partial charge < -0.3 is 4.90 Å². The molecule has 1 heterocycles. The van der Waals surface area contributed by atoms with Gasteiger partial charge in [-0.05, 0) is 19.1 Å². The Bertz CT molecular complexity index is 462. The first-order valence-electron chi connectivity index (χ1n) is 4.81. The molecule has 0 spiro atoms. The SMILES string of the molecule is CC(CCl)N(C)c1ncccc1S(C)(=O)=O. The first-order chi connectivity index (χ1) is 7.38. The highest BCUT2D eigenvalue weighted by atomic mass is 35.5. The molecule has 0 fully saturated rings. The van der Waals surface area contributed by atoms with Crippen molar-refractivity contribution < 1.29 is 8.42 Å². The monoisotopic (exact) mass is 262 g/mol. The molecule has 0 amide bonds. The fraction of sp³-hybridized carbons (Fsp3) is 0.500. The van der Waals surface area contributed by atoms with Crippen LogP contribution in [0, 0.1) is 0 Å². The van der Waals surface area contributed by atoms with Crippen molar-refractivity contribution in [1.82, 2.24) is 4.98 Å². The Kier molecular flexibility index (Phi) is 4.15. The summed E-state index contributed by atoms with van der Waals surface area (Å²) in [6.07, 6.45) is 2.74. The van der Waals surface area contributed by atoms with Gasteiger partial charge in [-0.2, -0.15) is 0 Å². The standard InChI is InChI=1S/C10H15ClN2O2S/c1-8(7-11)13(2)10-9(16(3,14)15)5-4-6-12-10/h4-6,8H,7H2,1-3H3. The van der Waals surface area contributed by atoms with E-state index >= 15 is 0 Å². The predicted octanol–water partition coefficient (Wildman–Crippen LogP) is 1.55. The van der Waals surface area contributed by atoms with Crippen LogP contribution in [0.4, 0.5) is 5.82 Å². The number of aromatic nitrogens is 1. The van der Waals surface area contributed by atoms with Crippen LogP contribution in [-0.4, -0.2) is 38.6 Å². The fourth-order valence-corrected chi connectivity index (χ4v) is 2.31. The van der Waals surface area contributed by atoms with Gasteiger partial charge in [-0.15, -0.1) is 11.6 Å². The van der Waals surface area contributed by atoms with Crippen molar-refractivity contribution in [3.63, 3.8) is 0 Å². The number of pyridine rings is 1. The average Bonchev–Trinajstić information content (AvgIpc) is 2.26. The number of rotatable bonds is 4. The summed E-state index contributed by atoms with van der Waals surface area (Å²) >= 11 is 5.74. The molecule has 4 nitrogen and oxygen atoms in total. The van der Waals surface area contributed by atoms with Crippen LogP contribution in [0.1, 0.15) is 6.92 Å². The van der Waals surface area contributed by atoms with Crippen molar-refractivity contribution in [2.45, 2.75) is 17.9 Å². The van der Waals surface area contributed by atoms with Crippen molar-refractivity contribution in [3.05, 3.63) is 18.3 Å². The van der Waals surface area contributed by atoms with Gasteiger partial charge >= 0.3 is 0 Å². The molecule has 0 aliphatic rings. The zero-order valence-electron chi connectivity index (χ0n) is 9.51. The molecular weight excluding hydrogens is 248 g/mol. The number of sulfone groups is 1. The van der Waals surface area contributed by atoms with Gasteiger partial charge in [0.2, 0.25) is 0 Å². The predicted molar refractivity (Wildman–Crippen MR) is 65.9 cm³/mol. The Morgan fingerprint density at radius 1 is 1.56 bits per heavy atom. The zero-order valence-corrected chi connectivity index (χ0v) is 11.1. The zero-order chi connectivity index (χ0) is 12.3. The minimum atomic E-state index is -3.27. The summed E-state index contributed by atoms with van der Waals surface area (Å²) in [4.78, 5) is 6.10. The largest absolute Gasteiger partial charge is 0.355 e. The van der Waals surface area contributed by atoms with Gasteiger partial charge in [0, 0.05) is 31.4 Å². The van der Waals surface area contributed by atoms with Crippen LogP contribution in [0.15, 0.2) is 23.2 Å². The smallest absolute Gasteiger partial charge is 0.179 e. The molecule has 0 aromatic carbocycles. The third kappa shape index (κ3) is 2.86. The number of halogens is 1. The summed E-state index contributed by atoms with van der Waals surface area (Å²) in [5, 5.41) is 0. The Labute approximate surface area is 101 Å². The first-order valence-corrected chi connectivity index (χ1v) is 7.24. The van der Waals surface area contributed by atoms with E-state index in [0.29, 0.717) is 11.7 Å². The van der Waals surface area contributed by atoms with Crippen LogP contribution in [-0.2, 0) is 9.84 Å². The van der Waals surface area contributed by atoms with E-state index in [0.717, 1.165) is 0 Å². The Hall–Kier alpha value is -0.810. The van der Waals surface area contributed by atoms with Crippen molar-refractivity contribution in [3.8, 4) is 0 Å². The second-order valence-corrected chi connectivity index (χ2v) is 6.00. The fourth-order valence-electron chi connectivity index (χ4n) is 1.25. The van der Waals surface area contributed by atoms with Crippen molar-refractivity contribution >= 4 is 27.3 Å². The van der Waals surface area contributed by atoms with Crippen LogP contribution in [0.25, 0.3) is 0 Å². The molecule has 6 heteroatoms. The number of alkyl halides is 1. The highest BCUT2D eigenvalue weighted by Crippen LogP contribution is 2.22. The summed E-state index contributed by atoms with van der Waals surface area (Å²) in [5.41, 5.74) is 0. The normalized spacial score (nSPS) is 13.5. The third-order valence-corrected chi connectivity index (χ3v) is 3.93. The average molecular weight is 263 g/mol. The summed E-state index contributed by atoms with van der Waals surface area (Å²) in [5.74, 6) is 0.856. The molecule has 16 heavy (non-hydrogen) atoms. The van der Waals surface area contributed by atoms with Crippen LogP contribution >= 0.6 is 11.6 Å². The summed E-state index contributed by atoms with van der Waals surface area (Å²) in [6, 6.07) is 3.19. The Balaban J connectivity index is 3.24. The van der Waals surface area contributed by atoms with Gasteiger partial charge in [-0.1, -0.05) is 0 Å². The van der Waals surface area contributed by atoms with E-state index in [-0.39, 0.29) is 10.9 Å². The van der Waals surface area contributed by atoms with E-state index in [1.165, 1.54) is 6.26 Å². The first kappa shape index (κ1) is 13.3. The highest BCUT2D eigenvalue weighted by molar-refractivity contribution is 7.90. The van der Waals surface area contributed by atoms with Crippen molar-refractivity contribution in [1.29, 1.82) is 0 Å². The maximum atomic E-state index is 11.6. The lowest BCUT2D eigenvalue weighted by atomic mass is 10.3. The molecule has 1 rings (SSSR count). The van der Waals surface area contributed by atoms with E-state index in [1.807, 2.05) is 6.92 Å². The third-order valence-electron chi connectivity index (χ3n) is 2.37. The number of hydrogen-bond donors (Lipinski definition) is 0. The van der Waals surface area contributed by atoms with Crippen LogP contribution in [0.2, 0.25) is 0 Å². The molecular formula is C10H15ClN2O2S. The number of nitrogens with zero attached hydrogens (tertiary/aromatic N) is 2. The van der Waals surface area contributed by atoms with E-state index in [9.17, 15) is 8.42 Å². The second-order valence-electron chi connectivity index (χ2n) is 3.71. The molecule has 1 aromatic rings. The van der Waals surface area contributed by atoms with Gasteiger partial charge in [0.1, 0.15) is 10.7 Å². The molecule has 1 unspecified atom stereocenters. The van der Waals surface area contributed by atoms with E-state index < -0.39 is 9.84 Å². The lowest BCUT2D eigenvalue weighted by molar-refractivity contribution is 0.600. The van der Waals surface area contributed by atoms with E-state index in [4.69, 9.17) is 11.6 Å². The molecule has 0 aliphatic carbocycles. The highest BCUT2D eigenvalue weighted by Gasteiger charge is 2.19. The summed E-state index contributed by atoms with van der Waals surface area (Å²) in [7, 11) is -1.49. The molecule has 1 atom stereocenters. The lowest BCUT2D eigenvalue weighted by Crippen LogP contribution is -2.32. The molecule has 0 radical (unpaired) electrons. The van der Waals surface area contributed by atoms with Gasteiger partial charge in [-0.3, -0.25) is 0 Å². The van der Waals surface area contributed by atoms with Gasteiger partial charge in [-0.25, -0.2) is 13.4 Å². The molecule has 0 aliphatic heterocycles. The second kappa shape index (κ2) is 5.01. The Morgan fingerprint density at radius 3 is 2.69 bits per heavy atom. The quantitative estimate of drug-likeness (QED) is 0.773. The molecule has 0 N–H and O–H groups in total. The summed E-state index contributed by atoms with van der Waals surface area (Å²) < 4.78 is 23.1. The van der Waals surface area contributed by atoms with Crippen molar-refractivity contribution in [2.24, 2.45) is 0 Å². The summed E-state index contributed by atoms with van der Waals surface area (Å²) in [6.45, 7) is 1.91. The van der Waals surface area contributed by atoms with Gasteiger partial charge in [0.25, 0.3) is 0 Å². The van der Waals surface area contributed by atoms with Crippen LogP contribution in [0.5, 0.6) is 0 Å². The molecule has 1 aromatic heterocycles. The topological polar surface area (TPSA) is 50.3 Å². The molecule has 0 bridgehead atoms. The molecule has 90 valence electrons. The minimum Gasteiger partial charge on any atom is -0.355 e. The van der Waals surface area contributed by atoms with Crippen LogP contribution < -0.4 is 4.90 Å². The molecule has 0 saturated heterocycles. The van der Waals surface area contributed by atoms with Gasteiger partial charge in [0.05, 0.1) is 0 Å². The molecule has 0 saturated carbocycles. The van der Waals surface area contributed by atoms with Crippen LogP contribution in [0.3, 0.4) is 0 Å². The van der Waals surface area contributed by atoms with E-state index in [2.05, 4.69) is 4.98 Å². The van der Waals surface area contributed by atoms with E-state index in [1.54, 1.807) is 30.3 Å². The number of anilines is 1. The van der Waals surface area contributed by atoms with Gasteiger partial charge in [0.15, 0.2) is 9.84 Å². The van der Waals surface area contributed by atoms with Crippen molar-refractivity contribution in [2.75, 3.05) is 24.1 Å². The lowest BCUT2D eigenvalue weighted by Gasteiger charge is -2.25. The number of hydrogen-bond acceptors (Lipinski definition) is 4. The maximum Gasteiger partial charge on any atom is 0.179 e.